The standard InChI is InChI=1S/C18H22ClNS/c1-4-20-11-16-6-5-7-17(19)18(16)21-12-15-9-13(2)8-14(3)10-15/h5-10,20H,4,11-12H2,1-3H3. The van der Waals surface area contributed by atoms with Gasteiger partial charge in [0.15, 0.2) is 0 Å². The molecular formula is C18H22ClNS. The van der Waals surface area contributed by atoms with E-state index in [1.54, 1.807) is 0 Å². The zero-order valence-corrected chi connectivity index (χ0v) is 14.4. The molecule has 2 aromatic rings. The first kappa shape index (κ1) is 16.4. The Labute approximate surface area is 137 Å². The highest BCUT2D eigenvalue weighted by Gasteiger charge is 2.08. The molecule has 0 aromatic heterocycles. The van der Waals surface area contributed by atoms with Crippen molar-refractivity contribution in [2.75, 3.05) is 6.54 Å². The third kappa shape index (κ3) is 4.77. The van der Waals surface area contributed by atoms with Crippen LogP contribution in [0.1, 0.15) is 29.2 Å². The highest BCUT2D eigenvalue weighted by atomic mass is 35.5. The minimum Gasteiger partial charge on any atom is -0.313 e. The fourth-order valence-electron chi connectivity index (χ4n) is 2.42. The van der Waals surface area contributed by atoms with E-state index in [0.29, 0.717) is 0 Å². The molecule has 112 valence electrons. The number of rotatable bonds is 6. The molecule has 0 atom stereocenters. The average Bonchev–Trinajstić information content (AvgIpc) is 2.43. The molecule has 3 heteroatoms. The van der Waals surface area contributed by atoms with Gasteiger partial charge in [0, 0.05) is 17.2 Å². The molecule has 0 bridgehead atoms. The Morgan fingerprint density at radius 2 is 1.81 bits per heavy atom. The Morgan fingerprint density at radius 1 is 1.10 bits per heavy atom. The van der Waals surface area contributed by atoms with E-state index >= 15 is 0 Å². The lowest BCUT2D eigenvalue weighted by Crippen LogP contribution is -2.12. The van der Waals surface area contributed by atoms with E-state index in [9.17, 15) is 0 Å². The molecule has 2 aromatic carbocycles. The molecule has 2 rings (SSSR count). The summed E-state index contributed by atoms with van der Waals surface area (Å²) in [6.07, 6.45) is 0. The van der Waals surface area contributed by atoms with Crippen LogP contribution in [0.5, 0.6) is 0 Å². The lowest BCUT2D eigenvalue weighted by molar-refractivity contribution is 0.718. The highest BCUT2D eigenvalue weighted by Crippen LogP contribution is 2.33. The third-order valence-electron chi connectivity index (χ3n) is 3.28. The van der Waals surface area contributed by atoms with E-state index in [-0.39, 0.29) is 0 Å². The molecule has 0 radical (unpaired) electrons. The number of thioether (sulfide) groups is 1. The van der Waals surface area contributed by atoms with Crippen molar-refractivity contribution < 1.29 is 0 Å². The van der Waals surface area contributed by atoms with Gasteiger partial charge in [-0.3, -0.25) is 0 Å². The molecule has 0 unspecified atom stereocenters. The second-order valence-corrected chi connectivity index (χ2v) is 6.69. The fraction of sp³-hybridized carbons (Fsp3) is 0.333. The lowest BCUT2D eigenvalue weighted by atomic mass is 10.1. The summed E-state index contributed by atoms with van der Waals surface area (Å²) in [7, 11) is 0. The fourth-order valence-corrected chi connectivity index (χ4v) is 3.79. The van der Waals surface area contributed by atoms with E-state index in [1.807, 2.05) is 23.9 Å². The maximum atomic E-state index is 6.39. The largest absolute Gasteiger partial charge is 0.313 e. The lowest BCUT2D eigenvalue weighted by Gasteiger charge is -2.12. The summed E-state index contributed by atoms with van der Waals surface area (Å²) in [5, 5.41) is 4.22. The summed E-state index contributed by atoms with van der Waals surface area (Å²) in [6.45, 7) is 8.24. The van der Waals surface area contributed by atoms with Gasteiger partial charge in [-0.1, -0.05) is 60.0 Å². The van der Waals surface area contributed by atoms with Crippen LogP contribution in [0.15, 0.2) is 41.3 Å². The van der Waals surface area contributed by atoms with Crippen molar-refractivity contribution in [3.8, 4) is 0 Å². The van der Waals surface area contributed by atoms with Crippen LogP contribution in [0.3, 0.4) is 0 Å². The van der Waals surface area contributed by atoms with Crippen molar-refractivity contribution >= 4 is 23.4 Å². The number of aryl methyl sites for hydroxylation is 2. The van der Waals surface area contributed by atoms with E-state index in [1.165, 1.54) is 27.1 Å². The van der Waals surface area contributed by atoms with Crippen LogP contribution in [0.25, 0.3) is 0 Å². The molecule has 21 heavy (non-hydrogen) atoms. The first-order valence-corrected chi connectivity index (χ1v) is 8.64. The zero-order valence-electron chi connectivity index (χ0n) is 12.9. The molecule has 0 aliphatic heterocycles. The maximum Gasteiger partial charge on any atom is 0.0545 e. The van der Waals surface area contributed by atoms with Crippen LogP contribution >= 0.6 is 23.4 Å². The maximum absolute atomic E-state index is 6.39. The van der Waals surface area contributed by atoms with E-state index in [4.69, 9.17) is 11.6 Å². The Hall–Kier alpha value is -0.960. The van der Waals surface area contributed by atoms with Crippen LogP contribution in [0, 0.1) is 13.8 Å². The number of hydrogen-bond donors (Lipinski definition) is 1. The number of benzene rings is 2. The van der Waals surface area contributed by atoms with Gasteiger partial charge < -0.3 is 5.32 Å². The topological polar surface area (TPSA) is 12.0 Å². The molecule has 0 saturated carbocycles. The van der Waals surface area contributed by atoms with Gasteiger partial charge in [0.2, 0.25) is 0 Å². The minimum absolute atomic E-state index is 0.847. The van der Waals surface area contributed by atoms with Crippen LogP contribution in [-0.2, 0) is 12.3 Å². The number of hydrogen-bond acceptors (Lipinski definition) is 2. The van der Waals surface area contributed by atoms with Gasteiger partial charge in [0.1, 0.15) is 0 Å². The molecule has 0 amide bonds. The van der Waals surface area contributed by atoms with Gasteiger partial charge in [-0.05, 0) is 37.6 Å². The van der Waals surface area contributed by atoms with Gasteiger partial charge in [-0.2, -0.15) is 0 Å². The third-order valence-corrected chi connectivity index (χ3v) is 4.95. The highest BCUT2D eigenvalue weighted by molar-refractivity contribution is 7.98. The first-order chi connectivity index (χ1) is 10.1. The molecule has 0 aliphatic rings. The van der Waals surface area contributed by atoms with Crippen LogP contribution < -0.4 is 5.32 Å². The van der Waals surface area contributed by atoms with Crippen molar-refractivity contribution in [1.82, 2.24) is 5.32 Å². The van der Waals surface area contributed by atoms with Gasteiger partial charge in [0.05, 0.1) is 5.02 Å². The predicted molar refractivity (Wildman–Crippen MR) is 94.3 cm³/mol. The summed E-state index contributed by atoms with van der Waals surface area (Å²) in [6, 6.07) is 12.9. The molecule has 0 heterocycles. The normalized spacial score (nSPS) is 10.9. The molecule has 1 N–H and O–H groups in total. The molecule has 0 fully saturated rings. The van der Waals surface area contributed by atoms with Crippen molar-refractivity contribution in [3.63, 3.8) is 0 Å². The molecule has 0 saturated heterocycles. The smallest absolute Gasteiger partial charge is 0.0545 e. The van der Waals surface area contributed by atoms with Gasteiger partial charge in [0.25, 0.3) is 0 Å². The Bertz CT molecular complexity index is 590. The van der Waals surface area contributed by atoms with Crippen LogP contribution in [0.4, 0.5) is 0 Å². The zero-order chi connectivity index (χ0) is 15.2. The van der Waals surface area contributed by atoms with Gasteiger partial charge in [-0.25, -0.2) is 0 Å². The molecule has 0 spiro atoms. The summed E-state index contributed by atoms with van der Waals surface area (Å²) in [4.78, 5) is 1.19. The summed E-state index contributed by atoms with van der Waals surface area (Å²) in [5.41, 5.74) is 5.26. The van der Waals surface area contributed by atoms with Crippen molar-refractivity contribution in [1.29, 1.82) is 0 Å². The monoisotopic (exact) mass is 319 g/mol. The quantitative estimate of drug-likeness (QED) is 0.719. The van der Waals surface area contributed by atoms with Gasteiger partial charge >= 0.3 is 0 Å². The SMILES string of the molecule is CCNCc1cccc(Cl)c1SCc1cc(C)cc(C)c1. The number of nitrogens with one attached hydrogen (secondary N) is 1. The van der Waals surface area contributed by atoms with E-state index < -0.39 is 0 Å². The van der Waals surface area contributed by atoms with Crippen molar-refractivity contribution in [2.45, 2.75) is 38.0 Å². The second kappa shape index (κ2) is 7.88. The summed E-state index contributed by atoms with van der Waals surface area (Å²) < 4.78 is 0. The van der Waals surface area contributed by atoms with Crippen molar-refractivity contribution in [3.05, 3.63) is 63.7 Å². The number of halogens is 1. The van der Waals surface area contributed by atoms with Crippen LogP contribution in [0.2, 0.25) is 5.02 Å². The average molecular weight is 320 g/mol. The van der Waals surface area contributed by atoms with E-state index in [0.717, 1.165) is 23.9 Å². The Morgan fingerprint density at radius 3 is 2.48 bits per heavy atom. The second-order valence-electron chi connectivity index (χ2n) is 5.29. The minimum atomic E-state index is 0.847. The Kier molecular flexibility index (Phi) is 6.16. The van der Waals surface area contributed by atoms with E-state index in [2.05, 4.69) is 50.4 Å². The van der Waals surface area contributed by atoms with Crippen molar-refractivity contribution in [2.24, 2.45) is 0 Å². The summed E-state index contributed by atoms with van der Waals surface area (Å²) >= 11 is 8.21. The van der Waals surface area contributed by atoms with Crippen LogP contribution in [-0.4, -0.2) is 6.54 Å². The first-order valence-electron chi connectivity index (χ1n) is 7.28. The molecule has 1 nitrogen and oxygen atoms in total. The predicted octanol–water partition coefficient (Wildman–Crippen LogP) is 5.36. The van der Waals surface area contributed by atoms with Gasteiger partial charge in [-0.15, -0.1) is 11.8 Å². The molecule has 0 aliphatic carbocycles. The summed E-state index contributed by atoms with van der Waals surface area (Å²) in [5.74, 6) is 0.950. The Balaban J connectivity index is 2.15. The molecular weight excluding hydrogens is 298 g/mol.